The summed E-state index contributed by atoms with van der Waals surface area (Å²) in [6, 6.07) is 7.39. The number of aliphatic hydroxyl groups excluding tert-OH is 1. The lowest BCUT2D eigenvalue weighted by atomic mass is 9.94. The third kappa shape index (κ3) is 5.52. The zero-order chi connectivity index (χ0) is 28.3. The van der Waals surface area contributed by atoms with Crippen molar-refractivity contribution < 1.29 is 23.7 Å². The fourth-order valence-corrected chi connectivity index (χ4v) is 6.55. The van der Waals surface area contributed by atoms with E-state index in [1.807, 2.05) is 42.8 Å². The lowest BCUT2D eigenvalue weighted by Crippen LogP contribution is -2.41. The number of halogens is 2. The van der Waals surface area contributed by atoms with Crippen LogP contribution in [0.2, 0.25) is 28.3 Å². The van der Waals surface area contributed by atoms with Crippen molar-refractivity contribution in [3.05, 3.63) is 58.1 Å². The molecule has 0 radical (unpaired) electrons. The van der Waals surface area contributed by atoms with Crippen molar-refractivity contribution in [3.8, 4) is 0 Å². The fourth-order valence-electron chi connectivity index (χ4n) is 5.12. The van der Waals surface area contributed by atoms with E-state index in [4.69, 9.17) is 41.8 Å². The van der Waals surface area contributed by atoms with Gasteiger partial charge in [-0.25, -0.2) is 9.97 Å². The molecule has 3 aromatic rings. The van der Waals surface area contributed by atoms with E-state index in [1.54, 1.807) is 6.07 Å². The van der Waals surface area contributed by atoms with Crippen molar-refractivity contribution >= 4 is 42.6 Å². The number of nitrogens with zero attached hydrogens (tertiary/aromatic N) is 3. The summed E-state index contributed by atoms with van der Waals surface area (Å²) in [7, 11) is -1.92. The van der Waals surface area contributed by atoms with Crippen molar-refractivity contribution in [1.29, 1.82) is 0 Å². The van der Waals surface area contributed by atoms with Gasteiger partial charge in [-0.3, -0.25) is 0 Å². The van der Waals surface area contributed by atoms with E-state index in [-0.39, 0.29) is 5.04 Å². The second-order valence-corrected chi connectivity index (χ2v) is 17.9. The van der Waals surface area contributed by atoms with Crippen molar-refractivity contribution in [1.82, 2.24) is 14.5 Å². The third-order valence-electron chi connectivity index (χ3n) is 8.18. The van der Waals surface area contributed by atoms with Crippen LogP contribution in [0, 0.1) is 0 Å². The number of hydrogen-bond donors (Lipinski definition) is 1. The van der Waals surface area contributed by atoms with E-state index in [9.17, 15) is 5.11 Å². The smallest absolute Gasteiger partial charge is 0.191 e. The summed E-state index contributed by atoms with van der Waals surface area (Å²) < 4.78 is 27.4. The first-order valence-corrected chi connectivity index (χ1v) is 16.9. The minimum atomic E-state index is -1.92. The molecule has 0 aliphatic carbocycles. The van der Waals surface area contributed by atoms with Gasteiger partial charge in [0.15, 0.2) is 20.3 Å². The van der Waals surface area contributed by atoms with Gasteiger partial charge in [-0.15, -0.1) is 0 Å². The van der Waals surface area contributed by atoms with Crippen molar-refractivity contribution in [2.75, 3.05) is 6.61 Å². The first-order chi connectivity index (χ1) is 18.2. The third-order valence-corrected chi connectivity index (χ3v) is 13.2. The maximum atomic E-state index is 11.8. The monoisotopic (exact) mass is 593 g/mol. The zero-order valence-corrected chi connectivity index (χ0v) is 26.0. The van der Waals surface area contributed by atoms with E-state index in [1.165, 1.54) is 6.33 Å². The Morgan fingerprint density at radius 1 is 1.13 bits per heavy atom. The Labute approximate surface area is 240 Å². The standard InChI is InChI=1S/C28H37Cl2N3O5Si/c1-27(2,3)39(6,7)35-13-11-16-14-17(29)8-9-18(16)20(34)21-22-23(38-28(4,5)37-22)26(36-21)33-12-10-19-24(30)31-15-32-25(19)33/h8-10,12,14-15,20-23,26,34H,11,13H2,1-7H3/t20-,21-,22-,23-,26-/m1/s1. The number of rotatable bonds is 7. The first kappa shape index (κ1) is 28.9. The van der Waals surface area contributed by atoms with E-state index in [0.29, 0.717) is 34.2 Å². The van der Waals surface area contributed by atoms with Crippen LogP contribution in [0.15, 0.2) is 36.8 Å². The Morgan fingerprint density at radius 2 is 1.85 bits per heavy atom. The van der Waals surface area contributed by atoms with Crippen molar-refractivity contribution in [2.45, 2.75) is 95.6 Å². The molecule has 2 aromatic heterocycles. The quantitative estimate of drug-likeness (QED) is 0.248. The highest BCUT2D eigenvalue weighted by Crippen LogP contribution is 2.47. The molecule has 2 fully saturated rings. The molecule has 1 N–H and O–H groups in total. The van der Waals surface area contributed by atoms with Crippen LogP contribution in [0.25, 0.3) is 11.0 Å². The molecule has 39 heavy (non-hydrogen) atoms. The minimum absolute atomic E-state index is 0.107. The van der Waals surface area contributed by atoms with Crippen LogP contribution >= 0.6 is 23.2 Å². The molecule has 0 amide bonds. The van der Waals surface area contributed by atoms with Crippen LogP contribution < -0.4 is 0 Å². The van der Waals surface area contributed by atoms with Gasteiger partial charge in [0.05, 0.1) is 5.39 Å². The van der Waals surface area contributed by atoms with Crippen LogP contribution in [-0.4, -0.2) is 58.7 Å². The maximum Gasteiger partial charge on any atom is 0.191 e. The van der Waals surface area contributed by atoms with Gasteiger partial charge >= 0.3 is 0 Å². The number of fused-ring (bicyclic) bond motifs is 2. The summed E-state index contributed by atoms with van der Waals surface area (Å²) >= 11 is 12.7. The highest BCUT2D eigenvalue weighted by Gasteiger charge is 2.58. The molecular formula is C28H37Cl2N3O5Si. The van der Waals surface area contributed by atoms with Gasteiger partial charge in [0, 0.05) is 17.8 Å². The molecule has 2 aliphatic rings. The maximum absolute atomic E-state index is 11.8. The molecule has 5 rings (SSSR count). The van der Waals surface area contributed by atoms with Gasteiger partial charge in [0.25, 0.3) is 0 Å². The number of hydrogen-bond acceptors (Lipinski definition) is 7. The predicted molar refractivity (Wildman–Crippen MR) is 154 cm³/mol. The summed E-state index contributed by atoms with van der Waals surface area (Å²) in [6.07, 6.45) is 0.632. The van der Waals surface area contributed by atoms with Crippen LogP contribution in [0.4, 0.5) is 0 Å². The molecule has 0 spiro atoms. The van der Waals surface area contributed by atoms with E-state index < -0.39 is 44.7 Å². The zero-order valence-electron chi connectivity index (χ0n) is 23.4. The Kier molecular flexibility index (Phi) is 7.69. The summed E-state index contributed by atoms with van der Waals surface area (Å²) in [5.41, 5.74) is 2.28. The Morgan fingerprint density at radius 3 is 2.56 bits per heavy atom. The highest BCUT2D eigenvalue weighted by atomic mass is 35.5. The molecule has 4 heterocycles. The van der Waals surface area contributed by atoms with Crippen LogP contribution in [0.5, 0.6) is 0 Å². The van der Waals surface area contributed by atoms with Crippen LogP contribution in [-0.2, 0) is 25.1 Å². The fraction of sp³-hybridized carbons (Fsp3) is 0.571. The molecule has 0 saturated carbocycles. The Balaban J connectivity index is 1.43. The lowest BCUT2D eigenvalue weighted by Gasteiger charge is -2.36. The first-order valence-electron chi connectivity index (χ1n) is 13.3. The number of aromatic nitrogens is 3. The Hall–Kier alpha value is -1.56. The molecule has 11 heteroatoms. The van der Waals surface area contributed by atoms with Gasteiger partial charge in [0.1, 0.15) is 41.5 Å². The summed E-state index contributed by atoms with van der Waals surface area (Å²) in [6.45, 7) is 15.4. The molecule has 0 bridgehead atoms. The average Bonchev–Trinajstić information content (AvgIpc) is 3.49. The average molecular weight is 595 g/mol. The SMILES string of the molecule is CC1(C)O[C@H]2[C@@H](O1)[C@H](n1ccc3c(Cl)ncnc31)O[C@@H]2[C@H](O)c1ccc(Cl)cc1CCO[Si](C)(C)C(C)(C)C. The largest absolute Gasteiger partial charge is 0.416 e. The van der Waals surface area contributed by atoms with E-state index in [2.05, 4.69) is 43.8 Å². The summed E-state index contributed by atoms with van der Waals surface area (Å²) in [5.74, 6) is -0.843. The van der Waals surface area contributed by atoms with Gasteiger partial charge in [-0.2, -0.15) is 0 Å². The number of ether oxygens (including phenoxy) is 3. The minimum Gasteiger partial charge on any atom is -0.416 e. The number of aliphatic hydroxyl groups is 1. The van der Waals surface area contributed by atoms with E-state index >= 15 is 0 Å². The molecule has 2 saturated heterocycles. The van der Waals surface area contributed by atoms with Gasteiger partial charge in [0.2, 0.25) is 0 Å². The molecule has 5 atom stereocenters. The molecule has 8 nitrogen and oxygen atoms in total. The molecule has 1 aromatic carbocycles. The Bertz CT molecular complexity index is 1360. The topological polar surface area (TPSA) is 87.9 Å². The summed E-state index contributed by atoms with van der Waals surface area (Å²) in [4.78, 5) is 8.50. The predicted octanol–water partition coefficient (Wildman–Crippen LogP) is 6.45. The van der Waals surface area contributed by atoms with Gasteiger partial charge < -0.3 is 28.3 Å². The van der Waals surface area contributed by atoms with Crippen LogP contribution in [0.1, 0.15) is 58.1 Å². The van der Waals surface area contributed by atoms with Crippen LogP contribution in [0.3, 0.4) is 0 Å². The van der Waals surface area contributed by atoms with Gasteiger partial charge in [-0.05, 0) is 67.7 Å². The number of benzene rings is 1. The second kappa shape index (κ2) is 10.4. The molecular weight excluding hydrogens is 557 g/mol. The van der Waals surface area contributed by atoms with Gasteiger partial charge in [-0.1, -0.05) is 50.0 Å². The second-order valence-electron chi connectivity index (χ2n) is 12.3. The molecule has 212 valence electrons. The van der Waals surface area contributed by atoms with Crippen molar-refractivity contribution in [2.24, 2.45) is 0 Å². The van der Waals surface area contributed by atoms with Crippen molar-refractivity contribution in [3.63, 3.8) is 0 Å². The summed E-state index contributed by atoms with van der Waals surface area (Å²) in [5, 5.41) is 13.6. The van der Waals surface area contributed by atoms with E-state index in [0.717, 1.165) is 11.1 Å². The lowest BCUT2D eigenvalue weighted by molar-refractivity contribution is -0.207. The molecule has 2 aliphatic heterocycles. The highest BCUT2D eigenvalue weighted by molar-refractivity contribution is 6.74. The normalized spacial score (nSPS) is 25.8. The molecule has 0 unspecified atom stereocenters.